The van der Waals surface area contributed by atoms with Crippen molar-refractivity contribution in [2.24, 2.45) is 5.73 Å². The zero-order chi connectivity index (χ0) is 11.1. The van der Waals surface area contributed by atoms with Crippen LogP contribution in [0.4, 0.5) is 5.69 Å². The molecule has 1 aromatic rings. The van der Waals surface area contributed by atoms with E-state index in [4.69, 9.17) is 5.73 Å². The van der Waals surface area contributed by atoms with Crippen LogP contribution in [-0.4, -0.2) is 5.91 Å². The van der Waals surface area contributed by atoms with E-state index in [9.17, 15) is 4.79 Å². The van der Waals surface area contributed by atoms with Crippen LogP contribution in [-0.2, 0) is 11.3 Å². The summed E-state index contributed by atoms with van der Waals surface area (Å²) < 4.78 is 0. The Morgan fingerprint density at radius 2 is 2.20 bits per heavy atom. The van der Waals surface area contributed by atoms with E-state index in [0.717, 1.165) is 11.3 Å². The molecular weight excluding hydrogens is 188 g/mol. The third-order valence-electron chi connectivity index (χ3n) is 2.09. The molecule has 0 radical (unpaired) electrons. The molecule has 0 bridgehead atoms. The van der Waals surface area contributed by atoms with Crippen molar-refractivity contribution in [2.75, 3.05) is 5.32 Å². The van der Waals surface area contributed by atoms with Crippen LogP contribution in [0.2, 0.25) is 0 Å². The fourth-order valence-corrected chi connectivity index (χ4v) is 1.27. The van der Waals surface area contributed by atoms with Crippen LogP contribution < -0.4 is 11.1 Å². The third-order valence-corrected chi connectivity index (χ3v) is 2.09. The minimum absolute atomic E-state index is 0.00389. The van der Waals surface area contributed by atoms with E-state index in [1.165, 1.54) is 0 Å². The largest absolute Gasteiger partial charge is 0.326 e. The van der Waals surface area contributed by atoms with E-state index < -0.39 is 0 Å². The Balaban J connectivity index is 2.63. The molecule has 0 aliphatic heterocycles. The summed E-state index contributed by atoms with van der Waals surface area (Å²) in [7, 11) is 0. The van der Waals surface area contributed by atoms with Gasteiger partial charge in [-0.25, -0.2) is 0 Å². The monoisotopic (exact) mass is 204 g/mol. The van der Waals surface area contributed by atoms with E-state index in [0.29, 0.717) is 19.4 Å². The molecule has 3 heteroatoms. The molecule has 0 aliphatic rings. The molecule has 1 rings (SSSR count). The van der Waals surface area contributed by atoms with Gasteiger partial charge in [0.05, 0.1) is 0 Å². The maximum atomic E-state index is 11.4. The number of carbonyl (C=O) groups excluding carboxylic acids is 1. The first-order chi connectivity index (χ1) is 7.27. The zero-order valence-electron chi connectivity index (χ0n) is 8.70. The van der Waals surface area contributed by atoms with Crippen molar-refractivity contribution >= 4 is 11.6 Å². The maximum Gasteiger partial charge on any atom is 0.224 e. The lowest BCUT2D eigenvalue weighted by Gasteiger charge is -2.08. The predicted molar refractivity (Wildman–Crippen MR) is 62.4 cm³/mol. The van der Waals surface area contributed by atoms with Gasteiger partial charge in [-0.15, -0.1) is 6.58 Å². The van der Waals surface area contributed by atoms with Gasteiger partial charge in [0.2, 0.25) is 5.91 Å². The third kappa shape index (κ3) is 3.56. The molecule has 3 N–H and O–H groups in total. The van der Waals surface area contributed by atoms with Gasteiger partial charge in [0.25, 0.3) is 0 Å². The number of para-hydroxylation sites is 1. The Morgan fingerprint density at radius 1 is 1.47 bits per heavy atom. The molecule has 80 valence electrons. The lowest BCUT2D eigenvalue weighted by atomic mass is 10.1. The Bertz CT molecular complexity index is 347. The highest BCUT2D eigenvalue weighted by Crippen LogP contribution is 2.14. The van der Waals surface area contributed by atoms with Gasteiger partial charge < -0.3 is 11.1 Å². The van der Waals surface area contributed by atoms with Crippen LogP contribution in [0.15, 0.2) is 36.9 Å². The van der Waals surface area contributed by atoms with Gasteiger partial charge in [-0.1, -0.05) is 24.3 Å². The van der Waals surface area contributed by atoms with E-state index in [1.807, 2.05) is 24.3 Å². The molecule has 1 aromatic carbocycles. The van der Waals surface area contributed by atoms with E-state index in [1.54, 1.807) is 6.08 Å². The first-order valence-electron chi connectivity index (χ1n) is 4.96. The fraction of sp³-hybridized carbons (Fsp3) is 0.250. The maximum absolute atomic E-state index is 11.4. The van der Waals surface area contributed by atoms with Crippen molar-refractivity contribution in [2.45, 2.75) is 19.4 Å². The molecule has 3 nitrogen and oxygen atoms in total. The average molecular weight is 204 g/mol. The molecule has 0 saturated carbocycles. The number of nitrogens with one attached hydrogen (secondary N) is 1. The van der Waals surface area contributed by atoms with Gasteiger partial charge in [-0.05, 0) is 18.1 Å². The molecule has 1 amide bonds. The molecule has 0 fully saturated rings. The highest BCUT2D eigenvalue weighted by atomic mass is 16.1. The molecule has 0 atom stereocenters. The van der Waals surface area contributed by atoms with E-state index >= 15 is 0 Å². The fourth-order valence-electron chi connectivity index (χ4n) is 1.27. The van der Waals surface area contributed by atoms with Gasteiger partial charge in [0.1, 0.15) is 0 Å². The van der Waals surface area contributed by atoms with Gasteiger partial charge in [0, 0.05) is 18.7 Å². The molecule has 0 spiro atoms. The second-order valence-corrected chi connectivity index (χ2v) is 3.24. The van der Waals surface area contributed by atoms with Crippen molar-refractivity contribution in [1.29, 1.82) is 0 Å². The number of nitrogens with two attached hydrogens (primary N) is 1. The number of hydrogen-bond acceptors (Lipinski definition) is 2. The van der Waals surface area contributed by atoms with Crippen molar-refractivity contribution < 1.29 is 4.79 Å². The van der Waals surface area contributed by atoms with Crippen LogP contribution in [0.5, 0.6) is 0 Å². The van der Waals surface area contributed by atoms with E-state index in [-0.39, 0.29) is 5.91 Å². The topological polar surface area (TPSA) is 55.1 Å². The van der Waals surface area contributed by atoms with Crippen LogP contribution in [0.1, 0.15) is 18.4 Å². The van der Waals surface area contributed by atoms with Crippen molar-refractivity contribution in [1.82, 2.24) is 0 Å². The lowest BCUT2D eigenvalue weighted by Crippen LogP contribution is -2.13. The Hall–Kier alpha value is -1.61. The Labute approximate surface area is 90.0 Å². The molecule has 0 saturated heterocycles. The summed E-state index contributed by atoms with van der Waals surface area (Å²) >= 11 is 0. The van der Waals surface area contributed by atoms with E-state index in [2.05, 4.69) is 11.9 Å². The quantitative estimate of drug-likeness (QED) is 0.721. The SMILES string of the molecule is C=CCCC(=O)Nc1ccccc1CN. The molecule has 0 unspecified atom stereocenters. The van der Waals surface area contributed by atoms with Gasteiger partial charge >= 0.3 is 0 Å². The molecular formula is C12H16N2O. The van der Waals surface area contributed by atoms with Crippen molar-refractivity contribution in [3.63, 3.8) is 0 Å². The number of amides is 1. The van der Waals surface area contributed by atoms with Crippen LogP contribution in [0.25, 0.3) is 0 Å². The average Bonchev–Trinajstić information content (AvgIpc) is 2.27. The number of carbonyl (C=O) groups is 1. The summed E-state index contributed by atoms with van der Waals surface area (Å²) in [5, 5.41) is 2.83. The highest BCUT2D eigenvalue weighted by molar-refractivity contribution is 5.91. The zero-order valence-corrected chi connectivity index (χ0v) is 8.70. The Kier molecular flexibility index (Phi) is 4.57. The number of hydrogen-bond donors (Lipinski definition) is 2. The first-order valence-corrected chi connectivity index (χ1v) is 4.96. The predicted octanol–water partition coefficient (Wildman–Crippen LogP) is 2.05. The summed E-state index contributed by atoms with van der Waals surface area (Å²) in [6.07, 6.45) is 2.88. The van der Waals surface area contributed by atoms with Crippen LogP contribution in [0, 0.1) is 0 Å². The number of anilines is 1. The first kappa shape index (κ1) is 11.5. The van der Waals surface area contributed by atoms with Gasteiger partial charge in [-0.2, -0.15) is 0 Å². The van der Waals surface area contributed by atoms with Crippen molar-refractivity contribution in [3.8, 4) is 0 Å². The summed E-state index contributed by atoms with van der Waals surface area (Å²) in [5.41, 5.74) is 7.31. The number of allylic oxidation sites excluding steroid dienone is 1. The Morgan fingerprint density at radius 3 is 2.87 bits per heavy atom. The highest BCUT2D eigenvalue weighted by Gasteiger charge is 2.03. The second kappa shape index (κ2) is 5.98. The summed E-state index contributed by atoms with van der Waals surface area (Å²) in [6, 6.07) is 7.54. The smallest absolute Gasteiger partial charge is 0.224 e. The summed E-state index contributed by atoms with van der Waals surface area (Å²) in [6.45, 7) is 4.00. The number of rotatable bonds is 5. The molecule has 0 aromatic heterocycles. The molecule has 15 heavy (non-hydrogen) atoms. The standard InChI is InChI=1S/C12H16N2O/c1-2-3-8-12(15)14-11-7-5-4-6-10(11)9-13/h2,4-7H,1,3,8-9,13H2,(H,14,15). The second-order valence-electron chi connectivity index (χ2n) is 3.24. The normalized spacial score (nSPS) is 9.67. The summed E-state index contributed by atoms with van der Waals surface area (Å²) in [4.78, 5) is 11.4. The minimum atomic E-state index is -0.00389. The molecule has 0 aliphatic carbocycles. The molecule has 0 heterocycles. The minimum Gasteiger partial charge on any atom is -0.326 e. The number of benzene rings is 1. The van der Waals surface area contributed by atoms with Crippen molar-refractivity contribution in [3.05, 3.63) is 42.5 Å². The van der Waals surface area contributed by atoms with Crippen LogP contribution in [0.3, 0.4) is 0 Å². The summed E-state index contributed by atoms with van der Waals surface area (Å²) in [5.74, 6) is -0.00389. The van der Waals surface area contributed by atoms with Crippen LogP contribution >= 0.6 is 0 Å². The lowest BCUT2D eigenvalue weighted by molar-refractivity contribution is -0.116. The van der Waals surface area contributed by atoms with Gasteiger partial charge in [-0.3, -0.25) is 4.79 Å². The van der Waals surface area contributed by atoms with Gasteiger partial charge in [0.15, 0.2) is 0 Å².